The lowest BCUT2D eigenvalue weighted by Crippen LogP contribution is -2.38. The summed E-state index contributed by atoms with van der Waals surface area (Å²) in [6.45, 7) is 6.07. The predicted octanol–water partition coefficient (Wildman–Crippen LogP) is 3.03. The molecule has 0 bridgehead atoms. The third-order valence-electron chi connectivity index (χ3n) is 5.26. The van der Waals surface area contributed by atoms with Gasteiger partial charge in [0.15, 0.2) is 0 Å². The molecular formula is C23H31ClN4O3. The van der Waals surface area contributed by atoms with E-state index < -0.39 is 0 Å². The van der Waals surface area contributed by atoms with Crippen LogP contribution in [0.2, 0.25) is 0 Å². The number of halogens is 1. The Kier molecular flexibility index (Phi) is 9.45. The number of amides is 1. The quantitative estimate of drug-likeness (QED) is 0.465. The third kappa shape index (κ3) is 5.83. The summed E-state index contributed by atoms with van der Waals surface area (Å²) >= 11 is 0. The average Bonchev–Trinajstić information content (AvgIpc) is 2.75. The van der Waals surface area contributed by atoms with Crippen LogP contribution in [0.1, 0.15) is 15.9 Å². The maximum atomic E-state index is 12.9. The van der Waals surface area contributed by atoms with Crippen molar-refractivity contribution in [1.82, 2.24) is 15.2 Å². The molecule has 3 aromatic rings. The molecule has 0 unspecified atom stereocenters. The van der Waals surface area contributed by atoms with Crippen molar-refractivity contribution in [1.29, 1.82) is 0 Å². The molecule has 3 rings (SSSR count). The molecule has 0 aliphatic rings. The van der Waals surface area contributed by atoms with Crippen molar-refractivity contribution >= 4 is 45.8 Å². The van der Waals surface area contributed by atoms with E-state index >= 15 is 0 Å². The summed E-state index contributed by atoms with van der Waals surface area (Å²) in [7, 11) is 3.36. The molecule has 1 amide bonds. The number of anilines is 1. The molecule has 0 fully saturated rings. The van der Waals surface area contributed by atoms with Crippen LogP contribution in [0.3, 0.4) is 0 Å². The van der Waals surface area contributed by atoms with Crippen LogP contribution in [0.25, 0.3) is 21.8 Å². The molecule has 3 N–H and O–H groups in total. The van der Waals surface area contributed by atoms with Gasteiger partial charge < -0.3 is 20.5 Å². The fraction of sp³-hybridized carbons (Fsp3) is 0.391. The van der Waals surface area contributed by atoms with E-state index in [1.54, 1.807) is 20.3 Å². The largest absolute Gasteiger partial charge is 0.398 e. The van der Waals surface area contributed by atoms with Crippen molar-refractivity contribution in [2.45, 2.75) is 6.92 Å². The van der Waals surface area contributed by atoms with Crippen molar-refractivity contribution < 1.29 is 14.3 Å². The van der Waals surface area contributed by atoms with Crippen LogP contribution >= 0.6 is 12.4 Å². The number of nitrogens with one attached hydrogen (secondary N) is 1. The number of carbonyl (C=O) groups is 1. The number of para-hydroxylation sites is 2. The first-order valence-corrected chi connectivity index (χ1v) is 10.1. The lowest BCUT2D eigenvalue weighted by molar-refractivity contribution is 0.0933. The molecule has 0 radical (unpaired) electrons. The van der Waals surface area contributed by atoms with E-state index in [0.29, 0.717) is 43.1 Å². The monoisotopic (exact) mass is 446 g/mol. The van der Waals surface area contributed by atoms with E-state index in [2.05, 4.69) is 10.2 Å². The number of nitrogens with zero attached hydrogens (tertiary/aromatic N) is 2. The molecule has 0 atom stereocenters. The van der Waals surface area contributed by atoms with E-state index in [1.165, 1.54) is 0 Å². The van der Waals surface area contributed by atoms with Gasteiger partial charge in [0.05, 0.1) is 35.5 Å². The highest BCUT2D eigenvalue weighted by Gasteiger charge is 2.15. The number of methoxy groups -OCH3 is 2. The molecule has 31 heavy (non-hydrogen) atoms. The smallest absolute Gasteiger partial charge is 0.253 e. The first kappa shape index (κ1) is 24.8. The summed E-state index contributed by atoms with van der Waals surface area (Å²) in [5.41, 5.74) is 10.1. The van der Waals surface area contributed by atoms with Gasteiger partial charge in [-0.25, -0.2) is 4.98 Å². The predicted molar refractivity (Wildman–Crippen MR) is 128 cm³/mol. The molecule has 0 saturated carbocycles. The van der Waals surface area contributed by atoms with Crippen LogP contribution in [0.5, 0.6) is 0 Å². The summed E-state index contributed by atoms with van der Waals surface area (Å²) in [6, 6.07) is 11.5. The van der Waals surface area contributed by atoms with Crippen LogP contribution in [-0.2, 0) is 9.47 Å². The molecule has 2 aromatic carbocycles. The summed E-state index contributed by atoms with van der Waals surface area (Å²) in [5.74, 6) is -0.154. The number of hydrogen-bond donors (Lipinski definition) is 2. The highest BCUT2D eigenvalue weighted by atomic mass is 35.5. The zero-order valence-electron chi connectivity index (χ0n) is 18.3. The number of hydrogen-bond acceptors (Lipinski definition) is 6. The number of carbonyl (C=O) groups excluding carboxylic acids is 1. The number of aromatic nitrogens is 1. The van der Waals surface area contributed by atoms with Crippen LogP contribution < -0.4 is 11.1 Å². The van der Waals surface area contributed by atoms with Crippen molar-refractivity contribution in [2.75, 3.05) is 59.3 Å². The van der Waals surface area contributed by atoms with Gasteiger partial charge in [0.2, 0.25) is 0 Å². The zero-order valence-corrected chi connectivity index (χ0v) is 19.1. The van der Waals surface area contributed by atoms with Gasteiger partial charge in [0, 0.05) is 51.2 Å². The number of fused-ring (bicyclic) bond motifs is 2. The molecule has 0 aliphatic heterocycles. The van der Waals surface area contributed by atoms with Crippen LogP contribution in [0, 0.1) is 6.92 Å². The van der Waals surface area contributed by atoms with E-state index in [-0.39, 0.29) is 18.3 Å². The SMILES string of the molecule is COCCN(CCNC(=O)c1cccc2c(N)c3cccc(C)c3nc12)CCOC.Cl. The second-order valence-corrected chi connectivity index (χ2v) is 7.28. The van der Waals surface area contributed by atoms with Crippen LogP contribution in [-0.4, -0.2) is 69.4 Å². The van der Waals surface area contributed by atoms with E-state index in [9.17, 15) is 4.79 Å². The maximum absolute atomic E-state index is 12.9. The molecule has 1 aromatic heterocycles. The summed E-state index contributed by atoms with van der Waals surface area (Å²) < 4.78 is 10.3. The Morgan fingerprint density at radius 1 is 1.00 bits per heavy atom. The van der Waals surface area contributed by atoms with E-state index in [4.69, 9.17) is 20.2 Å². The molecule has 0 spiro atoms. The van der Waals surface area contributed by atoms with E-state index in [0.717, 1.165) is 34.9 Å². The van der Waals surface area contributed by atoms with Crippen molar-refractivity contribution in [3.63, 3.8) is 0 Å². The van der Waals surface area contributed by atoms with Gasteiger partial charge in [-0.15, -0.1) is 12.4 Å². The Hall–Kier alpha value is -2.45. The lowest BCUT2D eigenvalue weighted by Gasteiger charge is -2.21. The van der Waals surface area contributed by atoms with Crippen LogP contribution in [0.15, 0.2) is 36.4 Å². The van der Waals surface area contributed by atoms with E-state index in [1.807, 2.05) is 37.3 Å². The van der Waals surface area contributed by atoms with Gasteiger partial charge in [-0.05, 0) is 18.6 Å². The molecule has 0 aliphatic carbocycles. The average molecular weight is 447 g/mol. The second kappa shape index (κ2) is 11.8. The highest BCUT2D eigenvalue weighted by molar-refractivity contribution is 6.13. The Labute approximate surface area is 189 Å². The number of nitrogen functional groups attached to an aromatic ring is 1. The molecule has 7 nitrogen and oxygen atoms in total. The normalized spacial score (nSPS) is 11.1. The summed E-state index contributed by atoms with van der Waals surface area (Å²) in [5, 5.41) is 4.72. The molecule has 168 valence electrons. The molecule has 0 saturated heterocycles. The molecule has 8 heteroatoms. The number of aryl methyl sites for hydroxylation is 1. The maximum Gasteiger partial charge on any atom is 0.253 e. The first-order chi connectivity index (χ1) is 14.6. The van der Waals surface area contributed by atoms with Gasteiger partial charge in [-0.2, -0.15) is 0 Å². The Balaban J connectivity index is 0.00000341. The van der Waals surface area contributed by atoms with Crippen molar-refractivity contribution in [3.8, 4) is 0 Å². The number of pyridine rings is 1. The Morgan fingerprint density at radius 2 is 1.61 bits per heavy atom. The summed E-state index contributed by atoms with van der Waals surface area (Å²) in [6.07, 6.45) is 0. The summed E-state index contributed by atoms with van der Waals surface area (Å²) in [4.78, 5) is 19.9. The molecular weight excluding hydrogens is 416 g/mol. The lowest BCUT2D eigenvalue weighted by atomic mass is 10.0. The second-order valence-electron chi connectivity index (χ2n) is 7.28. The van der Waals surface area contributed by atoms with Gasteiger partial charge in [-0.3, -0.25) is 9.69 Å². The van der Waals surface area contributed by atoms with Crippen LogP contribution in [0.4, 0.5) is 5.69 Å². The minimum absolute atomic E-state index is 0. The van der Waals surface area contributed by atoms with Gasteiger partial charge in [0.1, 0.15) is 0 Å². The number of benzene rings is 2. The topological polar surface area (TPSA) is 89.7 Å². The number of ether oxygens (including phenoxy) is 2. The minimum Gasteiger partial charge on any atom is -0.398 e. The number of nitrogens with two attached hydrogens (primary N) is 1. The number of rotatable bonds is 10. The van der Waals surface area contributed by atoms with Crippen molar-refractivity contribution in [2.24, 2.45) is 0 Å². The fourth-order valence-corrected chi connectivity index (χ4v) is 3.55. The highest BCUT2D eigenvalue weighted by Crippen LogP contribution is 2.31. The molecule has 1 heterocycles. The zero-order chi connectivity index (χ0) is 21.5. The van der Waals surface area contributed by atoms with Gasteiger partial charge in [0.25, 0.3) is 5.91 Å². The fourth-order valence-electron chi connectivity index (χ4n) is 3.55. The standard InChI is InChI=1S/C23H30N4O3.ClH/c1-16-6-4-7-17-20(24)18-8-5-9-19(22(18)26-21(16)17)23(28)25-10-11-27(12-14-29-2)13-15-30-3;/h4-9H,10-15H2,1-3H3,(H2,24,26)(H,25,28);1H. The van der Waals surface area contributed by atoms with Crippen molar-refractivity contribution in [3.05, 3.63) is 47.5 Å². The van der Waals surface area contributed by atoms with Gasteiger partial charge >= 0.3 is 0 Å². The third-order valence-corrected chi connectivity index (χ3v) is 5.26. The first-order valence-electron chi connectivity index (χ1n) is 10.1. The minimum atomic E-state index is -0.154. The Bertz CT molecular complexity index is 1020. The Morgan fingerprint density at radius 3 is 2.26 bits per heavy atom. The van der Waals surface area contributed by atoms with Gasteiger partial charge in [-0.1, -0.05) is 30.3 Å².